The Kier molecular flexibility index (Phi) is 11.4. The summed E-state index contributed by atoms with van der Waals surface area (Å²) in [6, 6.07) is 43.3. The van der Waals surface area contributed by atoms with Gasteiger partial charge in [0.15, 0.2) is 0 Å². The van der Waals surface area contributed by atoms with Crippen LogP contribution < -0.4 is 4.74 Å². The normalized spacial score (nSPS) is 24.7. The Morgan fingerprint density at radius 2 is 1.22 bits per heavy atom. The summed E-state index contributed by atoms with van der Waals surface area (Å²) in [4.78, 5) is 0. The Morgan fingerprint density at radius 3 is 1.83 bits per heavy atom. The van der Waals surface area contributed by atoms with Crippen LogP contribution in [0, 0.1) is 0 Å². The third-order valence-corrected chi connectivity index (χ3v) is 10.4. The maximum absolute atomic E-state index is 12.3. The largest absolute Gasteiger partial charge is 0.491 e. The fraction of sp³-hybridized carbons (Fsp3) is 0.333. The van der Waals surface area contributed by atoms with E-state index in [1.165, 1.54) is 0 Å². The van der Waals surface area contributed by atoms with Gasteiger partial charge in [-0.1, -0.05) is 121 Å². The fourth-order valence-corrected chi connectivity index (χ4v) is 7.29. The third kappa shape index (κ3) is 8.57. The number of ether oxygens (including phenoxy) is 7. The second-order valence-electron chi connectivity index (χ2n) is 14.1. The number of hydrogen-bond acceptors (Lipinski definition) is 8. The van der Waals surface area contributed by atoms with Gasteiger partial charge in [0, 0.05) is 10.6 Å². The molecule has 1 saturated carbocycles. The van der Waals surface area contributed by atoms with Gasteiger partial charge in [0.1, 0.15) is 37.3 Å². The Labute approximate surface area is 321 Å². The molecule has 3 fully saturated rings. The second kappa shape index (κ2) is 16.7. The van der Waals surface area contributed by atoms with E-state index >= 15 is 0 Å². The number of halogens is 1. The van der Waals surface area contributed by atoms with Gasteiger partial charge in [0.25, 0.3) is 0 Å². The molecule has 2 bridgehead atoms. The number of aliphatic hydroxyl groups is 1. The molecule has 5 atom stereocenters. The first kappa shape index (κ1) is 36.9. The van der Waals surface area contributed by atoms with Crippen LogP contribution in [0.3, 0.4) is 0 Å². The van der Waals surface area contributed by atoms with Crippen molar-refractivity contribution in [2.24, 2.45) is 0 Å². The van der Waals surface area contributed by atoms with E-state index in [9.17, 15) is 5.11 Å². The maximum Gasteiger partial charge on any atom is 0.227 e. The lowest BCUT2D eigenvalue weighted by atomic mass is 9.87. The van der Waals surface area contributed by atoms with Crippen molar-refractivity contribution in [3.8, 4) is 5.75 Å². The highest BCUT2D eigenvalue weighted by atomic mass is 35.5. The Morgan fingerprint density at radius 1 is 0.630 bits per heavy atom. The van der Waals surface area contributed by atoms with Gasteiger partial charge < -0.3 is 38.3 Å². The molecule has 9 heteroatoms. The van der Waals surface area contributed by atoms with Crippen LogP contribution >= 0.6 is 11.6 Å². The Hall–Kier alpha value is -4.09. The smallest absolute Gasteiger partial charge is 0.227 e. The summed E-state index contributed by atoms with van der Waals surface area (Å²) >= 11 is 6.86. The van der Waals surface area contributed by atoms with Crippen molar-refractivity contribution in [3.05, 3.63) is 172 Å². The molecule has 3 aliphatic rings. The molecule has 5 aromatic carbocycles. The number of hydrogen-bond donors (Lipinski definition) is 1. The predicted octanol–water partition coefficient (Wildman–Crippen LogP) is 8.15. The monoisotopic (exact) mass is 748 g/mol. The molecule has 2 aliphatic heterocycles. The van der Waals surface area contributed by atoms with E-state index in [0.29, 0.717) is 36.3 Å². The third-order valence-electron chi connectivity index (χ3n) is 10.1. The average Bonchev–Trinajstić information content (AvgIpc) is 3.98. The Bertz CT molecular complexity index is 1940. The zero-order valence-electron chi connectivity index (χ0n) is 30.1. The topological polar surface area (TPSA) is 84.8 Å². The minimum atomic E-state index is -1.85. The average molecular weight is 749 g/mol. The predicted molar refractivity (Wildman–Crippen MR) is 204 cm³/mol. The van der Waals surface area contributed by atoms with Crippen molar-refractivity contribution < 1.29 is 38.3 Å². The van der Waals surface area contributed by atoms with Gasteiger partial charge in [0.2, 0.25) is 11.6 Å². The van der Waals surface area contributed by atoms with Gasteiger partial charge in [-0.2, -0.15) is 0 Å². The van der Waals surface area contributed by atoms with Crippen molar-refractivity contribution in [2.45, 2.75) is 75.1 Å². The van der Waals surface area contributed by atoms with Gasteiger partial charge in [-0.05, 0) is 71.3 Å². The lowest BCUT2D eigenvalue weighted by molar-refractivity contribution is -0.388. The minimum Gasteiger partial charge on any atom is -0.491 e. The summed E-state index contributed by atoms with van der Waals surface area (Å²) in [5, 5.41) is 12.9. The summed E-state index contributed by atoms with van der Waals surface area (Å²) < 4.78 is 45.0. The van der Waals surface area contributed by atoms with E-state index in [1.807, 2.05) is 133 Å². The quantitative estimate of drug-likeness (QED) is 0.0955. The molecule has 54 heavy (non-hydrogen) atoms. The molecular formula is C45H45ClO8. The van der Waals surface area contributed by atoms with Crippen LogP contribution in [0.5, 0.6) is 5.75 Å². The van der Waals surface area contributed by atoms with E-state index in [0.717, 1.165) is 46.4 Å². The molecule has 2 heterocycles. The highest BCUT2D eigenvalue weighted by Gasteiger charge is 2.69. The standard InChI is InChI=1S/C45H45ClO8/c46-40-23-18-37(27-36(40)26-32-16-19-38(20-17-32)48-24-25-49-39-21-22-39)45-43(52-30-35-14-8-3-9-15-35)41(50-28-33-10-4-1-5-11-33)42(44(47,54-45)31-53-45)51-29-34-12-6-2-7-13-34/h1-20,23,27,39,41-43,47H,21-22,24-26,28-31H2/t41-,42-,43+,44-,45-/m0/s1. The second-order valence-corrected chi connectivity index (χ2v) is 14.6. The minimum absolute atomic E-state index is 0.159. The van der Waals surface area contributed by atoms with Crippen molar-refractivity contribution in [1.82, 2.24) is 0 Å². The van der Waals surface area contributed by atoms with E-state index in [4.69, 9.17) is 44.8 Å². The van der Waals surface area contributed by atoms with Crippen LogP contribution in [0.25, 0.3) is 0 Å². The lowest BCUT2D eigenvalue weighted by Gasteiger charge is -2.49. The zero-order chi connectivity index (χ0) is 36.8. The summed E-state index contributed by atoms with van der Waals surface area (Å²) in [6.07, 6.45) is 0.625. The molecule has 0 aromatic heterocycles. The molecule has 5 aromatic rings. The number of rotatable bonds is 17. The van der Waals surface area contributed by atoms with Gasteiger partial charge >= 0.3 is 0 Å². The molecule has 0 radical (unpaired) electrons. The van der Waals surface area contributed by atoms with Crippen LogP contribution in [-0.4, -0.2) is 55.1 Å². The van der Waals surface area contributed by atoms with Crippen LogP contribution in [0.4, 0.5) is 0 Å². The van der Waals surface area contributed by atoms with Crippen molar-refractivity contribution >= 4 is 11.6 Å². The lowest BCUT2D eigenvalue weighted by Crippen LogP contribution is -2.66. The maximum atomic E-state index is 12.3. The van der Waals surface area contributed by atoms with Crippen LogP contribution in [0.15, 0.2) is 133 Å². The first-order valence-corrected chi connectivity index (χ1v) is 19.0. The SMILES string of the molecule is O[C@@]12CO[C@@](c3ccc(Cl)c(Cc4ccc(OCCOC5CC5)cc4)c3)(O1)[C@H](OCc1ccccc1)[C@@H](OCc1ccccc1)[C@@H]2OCc1ccccc1. The molecule has 280 valence electrons. The molecular weight excluding hydrogens is 704 g/mol. The van der Waals surface area contributed by atoms with Crippen LogP contribution in [0.1, 0.15) is 46.2 Å². The van der Waals surface area contributed by atoms with Gasteiger partial charge in [-0.3, -0.25) is 0 Å². The molecule has 0 amide bonds. The first-order chi connectivity index (χ1) is 26.5. The molecule has 1 N–H and O–H groups in total. The van der Waals surface area contributed by atoms with Crippen LogP contribution in [0.2, 0.25) is 5.02 Å². The first-order valence-electron chi connectivity index (χ1n) is 18.6. The number of benzene rings is 5. The highest BCUT2D eigenvalue weighted by Crippen LogP contribution is 2.52. The molecule has 2 saturated heterocycles. The highest BCUT2D eigenvalue weighted by molar-refractivity contribution is 6.31. The van der Waals surface area contributed by atoms with E-state index in [-0.39, 0.29) is 26.4 Å². The fourth-order valence-electron chi connectivity index (χ4n) is 7.10. The van der Waals surface area contributed by atoms with Crippen molar-refractivity contribution in [1.29, 1.82) is 0 Å². The number of fused-ring (bicyclic) bond motifs is 2. The van der Waals surface area contributed by atoms with Crippen molar-refractivity contribution in [3.63, 3.8) is 0 Å². The summed E-state index contributed by atoms with van der Waals surface area (Å²) in [5.74, 6) is -2.60. The van der Waals surface area contributed by atoms with E-state index in [1.54, 1.807) is 0 Å². The van der Waals surface area contributed by atoms with Gasteiger partial charge in [-0.25, -0.2) is 0 Å². The molecule has 8 nitrogen and oxygen atoms in total. The van der Waals surface area contributed by atoms with Gasteiger partial charge in [-0.15, -0.1) is 0 Å². The Balaban J connectivity index is 1.10. The van der Waals surface area contributed by atoms with Crippen LogP contribution in [-0.2, 0) is 60.4 Å². The van der Waals surface area contributed by atoms with Crippen molar-refractivity contribution in [2.75, 3.05) is 19.8 Å². The molecule has 0 unspecified atom stereocenters. The summed E-state index contributed by atoms with van der Waals surface area (Å²) in [5.41, 5.74) is 5.46. The molecule has 0 spiro atoms. The molecule has 1 aliphatic carbocycles. The molecule has 8 rings (SSSR count). The van der Waals surface area contributed by atoms with E-state index < -0.39 is 29.9 Å². The summed E-state index contributed by atoms with van der Waals surface area (Å²) in [6.45, 7) is 1.67. The van der Waals surface area contributed by atoms with E-state index in [2.05, 4.69) is 0 Å². The zero-order valence-corrected chi connectivity index (χ0v) is 30.8. The van der Waals surface area contributed by atoms with Gasteiger partial charge in [0.05, 0.1) is 32.5 Å². The summed E-state index contributed by atoms with van der Waals surface area (Å²) in [7, 11) is 0.